The van der Waals surface area contributed by atoms with Crippen molar-refractivity contribution in [2.75, 3.05) is 16.4 Å². The summed E-state index contributed by atoms with van der Waals surface area (Å²) in [5, 5.41) is 5.81. The molecule has 2 rings (SSSR count). The number of carbonyl (C=O) groups excluding carboxylic acids is 2. The average Bonchev–Trinajstić information content (AvgIpc) is 2.61. The van der Waals surface area contributed by atoms with Crippen molar-refractivity contribution in [1.29, 1.82) is 0 Å². The van der Waals surface area contributed by atoms with E-state index in [1.807, 2.05) is 52.0 Å². The van der Waals surface area contributed by atoms with Crippen molar-refractivity contribution in [2.24, 2.45) is 0 Å². The molecule has 4 nitrogen and oxygen atoms in total. The largest absolute Gasteiger partial charge is 0.326 e. The summed E-state index contributed by atoms with van der Waals surface area (Å²) in [6.45, 7) is 9.98. The van der Waals surface area contributed by atoms with Crippen LogP contribution in [-0.4, -0.2) is 22.8 Å². The molecule has 150 valence electrons. The third-order valence-corrected chi connectivity index (χ3v) is 5.75. The second-order valence-electron chi connectivity index (χ2n) is 7.30. The van der Waals surface area contributed by atoms with Crippen LogP contribution in [0.4, 0.5) is 11.4 Å². The monoisotopic (exact) mass is 398 g/mol. The highest BCUT2D eigenvalue weighted by Gasteiger charge is 2.14. The molecule has 2 aromatic carbocycles. The summed E-state index contributed by atoms with van der Waals surface area (Å²) in [6, 6.07) is 11.9. The van der Waals surface area contributed by atoms with Crippen molar-refractivity contribution in [3.8, 4) is 0 Å². The van der Waals surface area contributed by atoms with Crippen LogP contribution in [-0.2, 0) is 9.59 Å². The van der Waals surface area contributed by atoms with Crippen LogP contribution < -0.4 is 10.6 Å². The fourth-order valence-corrected chi connectivity index (χ4v) is 3.99. The average molecular weight is 399 g/mol. The van der Waals surface area contributed by atoms with E-state index < -0.39 is 0 Å². The highest BCUT2D eigenvalue weighted by molar-refractivity contribution is 8.00. The summed E-state index contributed by atoms with van der Waals surface area (Å²) in [6.07, 6.45) is 1.19. The van der Waals surface area contributed by atoms with Crippen LogP contribution in [0, 0.1) is 27.7 Å². The Bertz CT molecular complexity index is 825. The first-order valence-corrected chi connectivity index (χ1v) is 10.7. The van der Waals surface area contributed by atoms with Crippen LogP contribution in [0.5, 0.6) is 0 Å². The molecule has 0 bridgehead atoms. The summed E-state index contributed by atoms with van der Waals surface area (Å²) in [4.78, 5) is 24.5. The Labute approximate surface area is 172 Å². The normalized spacial score (nSPS) is 11.8. The third-order valence-electron chi connectivity index (χ3n) is 4.51. The SMILES string of the molecule is Cc1cccc(NC(=O)[C@H](C)SCCCC(=O)Nc2c(C)cc(C)cc2C)c1. The molecular weight excluding hydrogens is 368 g/mol. The first-order chi connectivity index (χ1) is 13.3. The molecule has 5 heteroatoms. The van der Waals surface area contributed by atoms with Crippen molar-refractivity contribution in [1.82, 2.24) is 0 Å². The van der Waals surface area contributed by atoms with E-state index in [1.165, 1.54) is 5.56 Å². The van der Waals surface area contributed by atoms with Crippen LogP contribution in [0.1, 0.15) is 42.0 Å². The molecule has 0 fully saturated rings. The molecule has 2 N–H and O–H groups in total. The second-order valence-corrected chi connectivity index (χ2v) is 8.75. The predicted octanol–water partition coefficient (Wildman–Crippen LogP) is 5.40. The van der Waals surface area contributed by atoms with Crippen molar-refractivity contribution in [3.05, 3.63) is 58.7 Å². The molecule has 0 aliphatic carbocycles. The van der Waals surface area contributed by atoms with Crippen LogP contribution in [0.15, 0.2) is 36.4 Å². The van der Waals surface area contributed by atoms with Crippen molar-refractivity contribution in [2.45, 2.75) is 52.7 Å². The van der Waals surface area contributed by atoms with Crippen molar-refractivity contribution in [3.63, 3.8) is 0 Å². The van der Waals surface area contributed by atoms with Gasteiger partial charge in [-0.25, -0.2) is 0 Å². The standard InChI is InChI=1S/C23H30N2O2S/c1-15-8-6-9-20(14-15)24-23(27)19(5)28-11-7-10-21(26)25-22-17(3)12-16(2)13-18(22)4/h6,8-9,12-14,19H,7,10-11H2,1-5H3,(H,24,27)(H,25,26)/t19-/m0/s1. The lowest BCUT2D eigenvalue weighted by Gasteiger charge is -2.14. The maximum Gasteiger partial charge on any atom is 0.237 e. The van der Waals surface area contributed by atoms with Gasteiger partial charge in [0.05, 0.1) is 5.25 Å². The highest BCUT2D eigenvalue weighted by Crippen LogP contribution is 2.22. The summed E-state index contributed by atoms with van der Waals surface area (Å²) in [7, 11) is 0. The van der Waals surface area contributed by atoms with Gasteiger partial charge in [-0.2, -0.15) is 0 Å². The number of amides is 2. The Morgan fingerprint density at radius 2 is 1.64 bits per heavy atom. The minimum absolute atomic E-state index is 0.00837. The van der Waals surface area contributed by atoms with Crippen LogP contribution in [0.25, 0.3) is 0 Å². The molecule has 0 aromatic heterocycles. The fourth-order valence-electron chi connectivity index (χ4n) is 3.11. The van der Waals surface area contributed by atoms with Gasteiger partial charge < -0.3 is 10.6 Å². The van der Waals surface area contributed by atoms with Gasteiger partial charge in [0, 0.05) is 17.8 Å². The van der Waals surface area contributed by atoms with Gasteiger partial charge in [-0.15, -0.1) is 11.8 Å². The Morgan fingerprint density at radius 3 is 2.29 bits per heavy atom. The maximum absolute atomic E-state index is 12.3. The molecule has 0 unspecified atom stereocenters. The molecule has 0 saturated heterocycles. The number of thioether (sulfide) groups is 1. The predicted molar refractivity (Wildman–Crippen MR) is 120 cm³/mol. The number of hydrogen-bond donors (Lipinski definition) is 2. The van der Waals surface area contributed by atoms with E-state index in [2.05, 4.69) is 29.7 Å². The fraction of sp³-hybridized carbons (Fsp3) is 0.391. The minimum Gasteiger partial charge on any atom is -0.326 e. The smallest absolute Gasteiger partial charge is 0.237 e. The van der Waals surface area contributed by atoms with Gasteiger partial charge in [0.2, 0.25) is 11.8 Å². The molecule has 2 amide bonds. The van der Waals surface area contributed by atoms with E-state index in [9.17, 15) is 9.59 Å². The maximum atomic E-state index is 12.3. The zero-order chi connectivity index (χ0) is 20.7. The molecule has 0 heterocycles. The highest BCUT2D eigenvalue weighted by atomic mass is 32.2. The number of anilines is 2. The summed E-state index contributed by atoms with van der Waals surface area (Å²) in [5.41, 5.74) is 6.21. The van der Waals surface area contributed by atoms with Gasteiger partial charge in [-0.05, 0) is 75.6 Å². The first-order valence-electron chi connectivity index (χ1n) is 9.63. The van der Waals surface area contributed by atoms with Gasteiger partial charge in [0.25, 0.3) is 0 Å². The van der Waals surface area contributed by atoms with Gasteiger partial charge in [0.15, 0.2) is 0 Å². The van der Waals surface area contributed by atoms with Crippen molar-refractivity contribution < 1.29 is 9.59 Å². The molecule has 0 spiro atoms. The Hall–Kier alpha value is -2.27. The minimum atomic E-state index is -0.162. The first kappa shape index (κ1) is 22.0. The third kappa shape index (κ3) is 6.71. The molecule has 0 aliphatic heterocycles. The van der Waals surface area contributed by atoms with E-state index >= 15 is 0 Å². The number of aryl methyl sites for hydroxylation is 4. The molecular formula is C23H30N2O2S. The lowest BCUT2D eigenvalue weighted by Crippen LogP contribution is -2.23. The Kier molecular flexibility index (Phi) is 8.12. The van der Waals surface area contributed by atoms with Crippen LogP contribution in [0.3, 0.4) is 0 Å². The second kappa shape index (κ2) is 10.3. The summed E-state index contributed by atoms with van der Waals surface area (Å²) < 4.78 is 0. The van der Waals surface area contributed by atoms with Gasteiger partial charge >= 0.3 is 0 Å². The van der Waals surface area contributed by atoms with Gasteiger partial charge in [0.1, 0.15) is 0 Å². The van der Waals surface area contributed by atoms with Crippen LogP contribution in [0.2, 0.25) is 0 Å². The molecule has 0 aliphatic rings. The Balaban J connectivity index is 1.73. The van der Waals surface area contributed by atoms with E-state index in [0.717, 1.165) is 40.2 Å². The van der Waals surface area contributed by atoms with Gasteiger partial charge in [-0.3, -0.25) is 9.59 Å². The summed E-state index contributed by atoms with van der Waals surface area (Å²) in [5.74, 6) is 0.778. The molecule has 28 heavy (non-hydrogen) atoms. The van der Waals surface area contributed by atoms with E-state index in [4.69, 9.17) is 0 Å². The number of rotatable bonds is 8. The number of nitrogens with one attached hydrogen (secondary N) is 2. The topological polar surface area (TPSA) is 58.2 Å². The zero-order valence-electron chi connectivity index (χ0n) is 17.4. The van der Waals surface area contributed by atoms with E-state index in [1.54, 1.807) is 11.8 Å². The number of hydrogen-bond acceptors (Lipinski definition) is 3. The molecule has 2 aromatic rings. The molecule has 0 radical (unpaired) electrons. The molecule has 1 atom stereocenters. The zero-order valence-corrected chi connectivity index (χ0v) is 18.2. The summed E-state index contributed by atoms with van der Waals surface area (Å²) >= 11 is 1.57. The van der Waals surface area contributed by atoms with E-state index in [0.29, 0.717) is 6.42 Å². The lowest BCUT2D eigenvalue weighted by molar-refractivity contribution is -0.116. The number of carbonyl (C=O) groups is 2. The lowest BCUT2D eigenvalue weighted by atomic mass is 10.0. The van der Waals surface area contributed by atoms with Crippen LogP contribution >= 0.6 is 11.8 Å². The van der Waals surface area contributed by atoms with E-state index in [-0.39, 0.29) is 17.1 Å². The van der Waals surface area contributed by atoms with Gasteiger partial charge in [-0.1, -0.05) is 29.8 Å². The number of benzene rings is 2. The van der Waals surface area contributed by atoms with Crippen molar-refractivity contribution >= 4 is 35.0 Å². The molecule has 0 saturated carbocycles. The quantitative estimate of drug-likeness (QED) is 0.585. The Morgan fingerprint density at radius 1 is 0.964 bits per heavy atom.